The maximum Gasteiger partial charge on any atom is 0.191 e. The molecule has 0 fully saturated rings. The van der Waals surface area contributed by atoms with Gasteiger partial charge in [0.25, 0.3) is 0 Å². The van der Waals surface area contributed by atoms with Crippen molar-refractivity contribution in [3.05, 3.63) is 65.2 Å². The normalized spacial score (nSPS) is 10.5. The van der Waals surface area contributed by atoms with Crippen LogP contribution in [0.2, 0.25) is 0 Å². The van der Waals surface area contributed by atoms with Crippen molar-refractivity contribution in [2.45, 2.75) is 20.0 Å². The molecular weight excluding hydrogens is 420 g/mol. The molecule has 0 bridgehead atoms. The van der Waals surface area contributed by atoms with Crippen LogP contribution in [0.4, 0.5) is 4.39 Å². The maximum atomic E-state index is 13.8. The molecule has 0 amide bonds. The Labute approximate surface area is 158 Å². The van der Waals surface area contributed by atoms with Crippen LogP contribution < -0.4 is 10.6 Å². The molecule has 0 radical (unpaired) electrons. The summed E-state index contributed by atoms with van der Waals surface area (Å²) in [5, 5.41) is 15.1. The number of nitrogens with one attached hydrogen (secondary N) is 2. The second kappa shape index (κ2) is 10.5. The van der Waals surface area contributed by atoms with E-state index in [1.165, 1.54) is 18.2 Å². The van der Waals surface area contributed by atoms with Crippen LogP contribution in [-0.2, 0) is 13.1 Å². The number of benzene rings is 1. The third-order valence-corrected chi connectivity index (χ3v) is 3.09. The van der Waals surface area contributed by atoms with Crippen LogP contribution in [0.5, 0.6) is 0 Å². The third-order valence-electron chi connectivity index (χ3n) is 3.09. The fourth-order valence-corrected chi connectivity index (χ4v) is 1.95. The highest BCUT2D eigenvalue weighted by Gasteiger charge is 2.04. The van der Waals surface area contributed by atoms with Crippen LogP contribution in [0.25, 0.3) is 0 Å². The molecule has 2 aromatic rings. The minimum absolute atomic E-state index is 0. The summed E-state index contributed by atoms with van der Waals surface area (Å²) in [6, 6.07) is 11.9. The van der Waals surface area contributed by atoms with Gasteiger partial charge in [-0.3, -0.25) is 4.98 Å². The standard InChI is InChI=1S/C17H18FN5.HI/c1-2-20-17(23-12-15-5-3-4-8-21-15)22-11-14-9-13(10-19)6-7-16(14)18;/h3-9H,2,11-12H2,1H3,(H2,20,22,23);1H. The van der Waals surface area contributed by atoms with Crippen LogP contribution in [0.3, 0.4) is 0 Å². The number of halogens is 2. The van der Waals surface area contributed by atoms with Crippen molar-refractivity contribution >= 4 is 29.9 Å². The van der Waals surface area contributed by atoms with Gasteiger partial charge in [-0.1, -0.05) is 6.07 Å². The number of aliphatic imine (C=N–C) groups is 1. The summed E-state index contributed by atoms with van der Waals surface area (Å²) in [5.41, 5.74) is 1.69. The van der Waals surface area contributed by atoms with E-state index in [9.17, 15) is 4.39 Å². The zero-order valence-corrected chi connectivity index (χ0v) is 15.6. The SMILES string of the molecule is CCNC(=NCc1cc(C#N)ccc1F)NCc1ccccn1.I. The van der Waals surface area contributed by atoms with E-state index in [4.69, 9.17) is 5.26 Å². The topological polar surface area (TPSA) is 73.1 Å². The first-order valence-corrected chi connectivity index (χ1v) is 7.33. The van der Waals surface area contributed by atoms with E-state index in [0.29, 0.717) is 30.2 Å². The Hall–Kier alpha value is -2.21. The molecule has 1 heterocycles. The Balaban J connectivity index is 0.00000288. The van der Waals surface area contributed by atoms with E-state index >= 15 is 0 Å². The molecule has 0 spiro atoms. The molecule has 24 heavy (non-hydrogen) atoms. The summed E-state index contributed by atoms with van der Waals surface area (Å²) in [6.07, 6.45) is 1.73. The molecule has 0 aliphatic rings. The number of guanidine groups is 1. The van der Waals surface area contributed by atoms with Crippen molar-refractivity contribution in [2.24, 2.45) is 4.99 Å². The Morgan fingerprint density at radius 2 is 2.12 bits per heavy atom. The van der Waals surface area contributed by atoms with Gasteiger partial charge in [-0.15, -0.1) is 24.0 Å². The van der Waals surface area contributed by atoms with E-state index in [-0.39, 0.29) is 36.3 Å². The van der Waals surface area contributed by atoms with E-state index in [1.54, 1.807) is 6.20 Å². The molecule has 5 nitrogen and oxygen atoms in total. The monoisotopic (exact) mass is 439 g/mol. The average Bonchev–Trinajstić information content (AvgIpc) is 2.59. The molecule has 7 heteroatoms. The lowest BCUT2D eigenvalue weighted by atomic mass is 10.1. The Morgan fingerprint density at radius 1 is 1.29 bits per heavy atom. The Bertz CT molecular complexity index is 713. The lowest BCUT2D eigenvalue weighted by Gasteiger charge is -2.11. The van der Waals surface area contributed by atoms with Gasteiger partial charge in [0.05, 0.1) is 30.4 Å². The molecule has 0 unspecified atom stereocenters. The first kappa shape index (κ1) is 19.8. The van der Waals surface area contributed by atoms with E-state index in [0.717, 1.165) is 5.69 Å². The fraction of sp³-hybridized carbons (Fsp3) is 0.235. The van der Waals surface area contributed by atoms with Crippen LogP contribution in [0.15, 0.2) is 47.6 Å². The zero-order chi connectivity index (χ0) is 16.5. The number of nitriles is 1. The molecular formula is C17H19FIN5. The molecule has 2 rings (SSSR count). The average molecular weight is 439 g/mol. The van der Waals surface area contributed by atoms with Crippen molar-refractivity contribution in [2.75, 3.05) is 6.54 Å². The van der Waals surface area contributed by atoms with Gasteiger partial charge in [0.15, 0.2) is 5.96 Å². The highest BCUT2D eigenvalue weighted by Crippen LogP contribution is 2.11. The van der Waals surface area contributed by atoms with Crippen molar-refractivity contribution in [3.63, 3.8) is 0 Å². The van der Waals surface area contributed by atoms with Gasteiger partial charge in [0.2, 0.25) is 0 Å². The minimum atomic E-state index is -0.367. The smallest absolute Gasteiger partial charge is 0.191 e. The Kier molecular flexibility index (Phi) is 8.71. The summed E-state index contributed by atoms with van der Waals surface area (Å²) >= 11 is 0. The van der Waals surface area contributed by atoms with Crippen molar-refractivity contribution in [1.82, 2.24) is 15.6 Å². The van der Waals surface area contributed by atoms with Gasteiger partial charge < -0.3 is 10.6 Å². The quantitative estimate of drug-likeness (QED) is 0.427. The molecule has 1 aromatic heterocycles. The fourth-order valence-electron chi connectivity index (χ4n) is 1.95. The molecule has 2 N–H and O–H groups in total. The zero-order valence-electron chi connectivity index (χ0n) is 13.3. The van der Waals surface area contributed by atoms with Gasteiger partial charge in [-0.25, -0.2) is 9.38 Å². The maximum absolute atomic E-state index is 13.8. The van der Waals surface area contributed by atoms with Crippen molar-refractivity contribution in [1.29, 1.82) is 5.26 Å². The Morgan fingerprint density at radius 3 is 2.79 bits per heavy atom. The summed E-state index contributed by atoms with van der Waals surface area (Å²) in [5.74, 6) is 0.202. The molecule has 0 aliphatic carbocycles. The van der Waals surface area contributed by atoms with Gasteiger partial charge in [-0.2, -0.15) is 5.26 Å². The molecule has 0 aliphatic heterocycles. The van der Waals surface area contributed by atoms with Crippen LogP contribution in [0, 0.1) is 17.1 Å². The molecule has 1 aromatic carbocycles. The predicted octanol–water partition coefficient (Wildman–Crippen LogP) is 2.97. The summed E-state index contributed by atoms with van der Waals surface area (Å²) < 4.78 is 13.8. The molecule has 0 saturated heterocycles. The second-order valence-electron chi connectivity index (χ2n) is 4.79. The van der Waals surface area contributed by atoms with E-state index in [1.807, 2.05) is 31.2 Å². The van der Waals surface area contributed by atoms with Crippen LogP contribution >= 0.6 is 24.0 Å². The predicted molar refractivity (Wildman–Crippen MR) is 102 cm³/mol. The molecule has 126 valence electrons. The highest BCUT2D eigenvalue weighted by molar-refractivity contribution is 14.0. The second-order valence-corrected chi connectivity index (χ2v) is 4.79. The van der Waals surface area contributed by atoms with Gasteiger partial charge in [-0.05, 0) is 37.3 Å². The van der Waals surface area contributed by atoms with Gasteiger partial charge in [0, 0.05) is 18.3 Å². The van der Waals surface area contributed by atoms with Crippen LogP contribution in [-0.4, -0.2) is 17.5 Å². The van der Waals surface area contributed by atoms with Crippen molar-refractivity contribution in [3.8, 4) is 6.07 Å². The first-order chi connectivity index (χ1) is 11.2. The van der Waals surface area contributed by atoms with E-state index < -0.39 is 0 Å². The number of aromatic nitrogens is 1. The number of pyridine rings is 1. The minimum Gasteiger partial charge on any atom is -0.357 e. The number of rotatable bonds is 5. The summed E-state index contributed by atoms with van der Waals surface area (Å²) in [7, 11) is 0. The lowest BCUT2D eigenvalue weighted by Crippen LogP contribution is -2.37. The largest absolute Gasteiger partial charge is 0.357 e. The number of hydrogen-bond acceptors (Lipinski definition) is 3. The van der Waals surface area contributed by atoms with Gasteiger partial charge in [0.1, 0.15) is 5.82 Å². The van der Waals surface area contributed by atoms with E-state index in [2.05, 4.69) is 20.6 Å². The number of nitrogens with zero attached hydrogens (tertiary/aromatic N) is 3. The highest BCUT2D eigenvalue weighted by atomic mass is 127. The van der Waals surface area contributed by atoms with Gasteiger partial charge >= 0.3 is 0 Å². The summed E-state index contributed by atoms with van der Waals surface area (Å²) in [6.45, 7) is 3.32. The molecule has 0 saturated carbocycles. The summed E-state index contributed by atoms with van der Waals surface area (Å²) in [4.78, 5) is 8.58. The third kappa shape index (κ3) is 6.12. The first-order valence-electron chi connectivity index (χ1n) is 7.33. The van der Waals surface area contributed by atoms with Crippen molar-refractivity contribution < 1.29 is 4.39 Å². The molecule has 0 atom stereocenters. The van der Waals surface area contributed by atoms with Crippen LogP contribution in [0.1, 0.15) is 23.7 Å². The number of hydrogen-bond donors (Lipinski definition) is 2. The lowest BCUT2D eigenvalue weighted by molar-refractivity contribution is 0.610.